The number of imidazole rings is 1. The molecule has 29 heavy (non-hydrogen) atoms. The summed E-state index contributed by atoms with van der Waals surface area (Å²) in [5, 5.41) is 6.02. The molecule has 0 saturated heterocycles. The monoisotopic (exact) mass is 388 g/mol. The van der Waals surface area contributed by atoms with Crippen LogP contribution in [0.4, 0.5) is 15.9 Å². The highest BCUT2D eigenvalue weighted by Gasteiger charge is 2.28. The van der Waals surface area contributed by atoms with E-state index < -0.39 is 0 Å². The lowest BCUT2D eigenvalue weighted by molar-refractivity contribution is 0.0966. The van der Waals surface area contributed by atoms with Crippen LogP contribution in [0.3, 0.4) is 0 Å². The second-order valence-corrected chi connectivity index (χ2v) is 7.05. The number of halogens is 1. The number of amides is 1. The lowest BCUT2D eigenvalue weighted by atomic mass is 10.1. The minimum atomic E-state index is -0.367. The van der Waals surface area contributed by atoms with Crippen molar-refractivity contribution in [1.82, 2.24) is 24.7 Å². The van der Waals surface area contributed by atoms with Crippen molar-refractivity contribution >= 4 is 23.1 Å². The molecule has 7 nitrogen and oxygen atoms in total. The number of aromatic nitrogens is 4. The number of nitrogens with one attached hydrogen (secondary N) is 2. The lowest BCUT2D eigenvalue weighted by Crippen LogP contribution is -2.13. The molecule has 0 saturated carbocycles. The van der Waals surface area contributed by atoms with Gasteiger partial charge in [-0.3, -0.25) is 14.2 Å². The number of aryl methyl sites for hydroxylation is 2. The molecule has 0 bridgehead atoms. The Kier molecular flexibility index (Phi) is 3.80. The molecule has 5 rings (SSSR count). The van der Waals surface area contributed by atoms with Crippen LogP contribution >= 0.6 is 0 Å². The Morgan fingerprint density at radius 1 is 1.10 bits per heavy atom. The van der Waals surface area contributed by atoms with E-state index in [1.807, 2.05) is 19.1 Å². The third-order valence-corrected chi connectivity index (χ3v) is 5.06. The third kappa shape index (κ3) is 2.72. The highest BCUT2D eigenvalue weighted by Crippen LogP contribution is 2.33. The van der Waals surface area contributed by atoms with E-state index in [1.54, 1.807) is 42.2 Å². The predicted molar refractivity (Wildman–Crippen MR) is 107 cm³/mol. The molecule has 2 N–H and O–H groups in total. The van der Waals surface area contributed by atoms with Crippen molar-refractivity contribution in [1.29, 1.82) is 0 Å². The molecule has 0 radical (unpaired) electrons. The van der Waals surface area contributed by atoms with Gasteiger partial charge < -0.3 is 10.6 Å². The summed E-state index contributed by atoms with van der Waals surface area (Å²) in [5.41, 5.74) is 4.86. The van der Waals surface area contributed by atoms with Gasteiger partial charge in [-0.25, -0.2) is 14.4 Å². The van der Waals surface area contributed by atoms with Crippen LogP contribution in [0, 0.1) is 19.7 Å². The molecule has 0 spiro atoms. The second kappa shape index (κ2) is 6.37. The number of fused-ring (bicyclic) bond motifs is 2. The molecule has 0 fully saturated rings. The summed E-state index contributed by atoms with van der Waals surface area (Å²) >= 11 is 0. The summed E-state index contributed by atoms with van der Waals surface area (Å²) < 4.78 is 16.1. The average Bonchev–Trinajstić information content (AvgIpc) is 3.32. The Bertz CT molecular complexity index is 1280. The molecule has 0 aromatic carbocycles. The van der Waals surface area contributed by atoms with Gasteiger partial charge in [0.2, 0.25) is 0 Å². The molecule has 4 aromatic rings. The number of carbonyl (C=O) groups excluding carboxylic acids is 1. The fraction of sp³-hybridized carbons (Fsp3) is 0.143. The maximum atomic E-state index is 14.4. The van der Waals surface area contributed by atoms with Gasteiger partial charge in [0.25, 0.3) is 5.91 Å². The van der Waals surface area contributed by atoms with Crippen LogP contribution in [0.1, 0.15) is 27.0 Å². The van der Waals surface area contributed by atoms with Crippen LogP contribution < -0.4 is 10.6 Å². The number of pyridine rings is 3. The van der Waals surface area contributed by atoms with E-state index in [9.17, 15) is 9.18 Å². The van der Waals surface area contributed by atoms with Gasteiger partial charge in [0, 0.05) is 24.5 Å². The molecule has 0 unspecified atom stereocenters. The number of hydrogen-bond donors (Lipinski definition) is 2. The van der Waals surface area contributed by atoms with Crippen molar-refractivity contribution in [2.24, 2.45) is 0 Å². The Morgan fingerprint density at radius 2 is 1.97 bits per heavy atom. The van der Waals surface area contributed by atoms with Crippen molar-refractivity contribution < 1.29 is 9.18 Å². The molecule has 4 aromatic heterocycles. The van der Waals surface area contributed by atoms with Gasteiger partial charge >= 0.3 is 0 Å². The summed E-state index contributed by atoms with van der Waals surface area (Å²) in [6.07, 6.45) is 6.69. The van der Waals surface area contributed by atoms with Gasteiger partial charge in [-0.1, -0.05) is 6.07 Å². The summed E-state index contributed by atoms with van der Waals surface area (Å²) in [5.74, 6) is 0.0711. The van der Waals surface area contributed by atoms with E-state index in [0.29, 0.717) is 40.6 Å². The molecular weight excluding hydrogens is 371 g/mol. The SMILES string of the molecule is Cc1ccc(Nc2cnc(-c3cnc4c(F)c(C)ccn34)c3c2C(=O)NC3)nc1. The van der Waals surface area contributed by atoms with E-state index >= 15 is 0 Å². The standard InChI is InChI=1S/C21H17FN6O/c1-11-3-4-16(23-7-11)27-14-9-24-19(13-8-26-21(29)17(13)14)15-10-25-20-18(22)12(2)5-6-28(15)20/h3-7,9-10H,8H2,1-2H3,(H,23,27)(H,26,29). The largest absolute Gasteiger partial charge is 0.348 e. The van der Waals surface area contributed by atoms with Crippen molar-refractivity contribution in [3.8, 4) is 11.4 Å². The second-order valence-electron chi connectivity index (χ2n) is 7.05. The Morgan fingerprint density at radius 3 is 2.76 bits per heavy atom. The normalized spacial score (nSPS) is 12.9. The number of carbonyl (C=O) groups is 1. The first kappa shape index (κ1) is 17.3. The summed E-state index contributed by atoms with van der Waals surface area (Å²) in [4.78, 5) is 25.7. The minimum Gasteiger partial charge on any atom is -0.348 e. The zero-order valence-corrected chi connectivity index (χ0v) is 15.8. The molecule has 144 valence electrons. The lowest BCUT2D eigenvalue weighted by Gasteiger charge is -2.12. The van der Waals surface area contributed by atoms with E-state index in [2.05, 4.69) is 25.6 Å². The Balaban J connectivity index is 1.64. The zero-order chi connectivity index (χ0) is 20.1. The Hall–Kier alpha value is -3.81. The number of nitrogens with zero attached hydrogens (tertiary/aromatic N) is 4. The van der Waals surface area contributed by atoms with Crippen LogP contribution in [0.25, 0.3) is 17.0 Å². The van der Waals surface area contributed by atoms with Crippen molar-refractivity contribution in [2.45, 2.75) is 20.4 Å². The number of hydrogen-bond acceptors (Lipinski definition) is 5. The molecule has 5 heterocycles. The summed E-state index contributed by atoms with van der Waals surface area (Å²) in [7, 11) is 0. The summed E-state index contributed by atoms with van der Waals surface area (Å²) in [6.45, 7) is 4.00. The smallest absolute Gasteiger partial charge is 0.254 e. The van der Waals surface area contributed by atoms with Gasteiger partial charge in [0.05, 0.1) is 35.0 Å². The zero-order valence-electron chi connectivity index (χ0n) is 15.8. The highest BCUT2D eigenvalue weighted by molar-refractivity contribution is 6.05. The van der Waals surface area contributed by atoms with Gasteiger partial charge in [0.1, 0.15) is 5.82 Å². The maximum Gasteiger partial charge on any atom is 0.254 e. The fourth-order valence-electron chi connectivity index (χ4n) is 3.52. The first-order valence-electron chi connectivity index (χ1n) is 9.15. The molecule has 1 aliphatic heterocycles. The molecular formula is C21H17FN6O. The molecule has 0 atom stereocenters. The number of rotatable bonds is 3. The van der Waals surface area contributed by atoms with Crippen molar-refractivity contribution in [3.63, 3.8) is 0 Å². The van der Waals surface area contributed by atoms with Crippen LogP contribution in [0.2, 0.25) is 0 Å². The van der Waals surface area contributed by atoms with E-state index in [1.165, 1.54) is 0 Å². The van der Waals surface area contributed by atoms with Crippen molar-refractivity contribution in [2.75, 3.05) is 5.32 Å². The average molecular weight is 388 g/mol. The van der Waals surface area contributed by atoms with Gasteiger partial charge in [-0.05, 0) is 37.1 Å². The van der Waals surface area contributed by atoms with E-state index in [-0.39, 0.29) is 17.4 Å². The van der Waals surface area contributed by atoms with E-state index in [4.69, 9.17) is 0 Å². The fourth-order valence-corrected chi connectivity index (χ4v) is 3.52. The Labute approximate surface area is 165 Å². The quantitative estimate of drug-likeness (QED) is 0.561. The van der Waals surface area contributed by atoms with Gasteiger partial charge in [0.15, 0.2) is 11.5 Å². The minimum absolute atomic E-state index is 0.186. The van der Waals surface area contributed by atoms with Crippen molar-refractivity contribution in [3.05, 3.63) is 71.1 Å². The molecule has 1 amide bonds. The van der Waals surface area contributed by atoms with Crippen LogP contribution in [0.5, 0.6) is 0 Å². The first-order chi connectivity index (χ1) is 14.0. The molecule has 0 aliphatic carbocycles. The van der Waals surface area contributed by atoms with Crippen LogP contribution in [-0.2, 0) is 6.54 Å². The number of anilines is 2. The molecule has 8 heteroatoms. The predicted octanol–water partition coefficient (Wildman–Crippen LogP) is 3.53. The highest BCUT2D eigenvalue weighted by atomic mass is 19.1. The van der Waals surface area contributed by atoms with Crippen LogP contribution in [0.15, 0.2) is 43.0 Å². The first-order valence-corrected chi connectivity index (χ1v) is 9.15. The van der Waals surface area contributed by atoms with Gasteiger partial charge in [-0.2, -0.15) is 0 Å². The van der Waals surface area contributed by atoms with Gasteiger partial charge in [-0.15, -0.1) is 0 Å². The third-order valence-electron chi connectivity index (χ3n) is 5.06. The maximum absolute atomic E-state index is 14.4. The van der Waals surface area contributed by atoms with E-state index in [0.717, 1.165) is 11.1 Å². The van der Waals surface area contributed by atoms with Crippen LogP contribution in [-0.4, -0.2) is 25.3 Å². The summed E-state index contributed by atoms with van der Waals surface area (Å²) in [6, 6.07) is 5.47. The molecule has 1 aliphatic rings. The topological polar surface area (TPSA) is 84.2 Å².